The Bertz CT molecular complexity index is 1110. The lowest BCUT2D eigenvalue weighted by Crippen LogP contribution is -2.16. The van der Waals surface area contributed by atoms with Gasteiger partial charge in [0.25, 0.3) is 10.0 Å². The molecule has 1 aliphatic rings. The van der Waals surface area contributed by atoms with E-state index >= 15 is 0 Å². The van der Waals surface area contributed by atoms with Crippen LogP contribution in [0.15, 0.2) is 46.0 Å². The van der Waals surface area contributed by atoms with E-state index in [1.54, 1.807) is 18.2 Å². The van der Waals surface area contributed by atoms with Gasteiger partial charge in [-0.15, -0.1) is 11.3 Å². The molecule has 2 heterocycles. The molecule has 0 spiro atoms. The molecule has 5 nitrogen and oxygen atoms in total. The van der Waals surface area contributed by atoms with Crippen molar-refractivity contribution in [1.82, 2.24) is 9.78 Å². The van der Waals surface area contributed by atoms with Crippen molar-refractivity contribution in [2.75, 3.05) is 4.72 Å². The molecule has 0 bridgehead atoms. The van der Waals surface area contributed by atoms with E-state index in [0.29, 0.717) is 21.6 Å². The highest BCUT2D eigenvalue weighted by Crippen LogP contribution is 2.45. The Morgan fingerprint density at radius 1 is 1.18 bits per heavy atom. The predicted molar refractivity (Wildman–Crippen MR) is 109 cm³/mol. The number of thiophene rings is 1. The molecular weight excluding hydrogens is 397 g/mol. The third-order valence-corrected chi connectivity index (χ3v) is 7.58. The first-order valence-corrected chi connectivity index (χ1v) is 11.5. The van der Waals surface area contributed by atoms with E-state index in [9.17, 15) is 12.8 Å². The second-order valence-corrected chi connectivity index (χ2v) is 10.9. The maximum atomic E-state index is 13.3. The fraction of sp³-hybridized carbons (Fsp3) is 0.350. The van der Waals surface area contributed by atoms with E-state index in [0.717, 1.165) is 24.1 Å². The molecule has 1 N–H and O–H groups in total. The predicted octanol–water partition coefficient (Wildman–Crippen LogP) is 5.05. The van der Waals surface area contributed by atoms with Gasteiger partial charge in [-0.1, -0.05) is 20.8 Å². The van der Waals surface area contributed by atoms with Gasteiger partial charge in [-0.3, -0.25) is 4.72 Å². The zero-order chi connectivity index (χ0) is 20.1. The molecular formula is C20H22FN3O2S2. The summed E-state index contributed by atoms with van der Waals surface area (Å²) < 4.78 is 44.1. The molecule has 8 heteroatoms. The van der Waals surface area contributed by atoms with Crippen LogP contribution in [0.25, 0.3) is 5.69 Å². The van der Waals surface area contributed by atoms with E-state index < -0.39 is 10.0 Å². The number of halogens is 1. The minimum atomic E-state index is -3.74. The first-order chi connectivity index (χ1) is 13.1. The minimum absolute atomic E-state index is 0.270. The highest BCUT2D eigenvalue weighted by molar-refractivity contribution is 7.94. The number of nitrogens with one attached hydrogen (secondary N) is 1. The van der Waals surface area contributed by atoms with Crippen molar-refractivity contribution in [2.24, 2.45) is 0 Å². The van der Waals surface area contributed by atoms with Gasteiger partial charge in [-0.2, -0.15) is 5.10 Å². The number of rotatable bonds is 5. The summed E-state index contributed by atoms with van der Waals surface area (Å²) >= 11 is 1.23. The van der Waals surface area contributed by atoms with Gasteiger partial charge >= 0.3 is 0 Å². The fourth-order valence-corrected chi connectivity index (χ4v) is 5.57. The second-order valence-electron chi connectivity index (χ2n) is 8.10. The van der Waals surface area contributed by atoms with E-state index in [4.69, 9.17) is 0 Å². The third kappa shape index (κ3) is 3.71. The average Bonchev–Trinajstić information content (AvgIpc) is 3.16. The summed E-state index contributed by atoms with van der Waals surface area (Å²) in [5.41, 5.74) is 1.95. The van der Waals surface area contributed by atoms with Gasteiger partial charge in [0.05, 0.1) is 11.4 Å². The van der Waals surface area contributed by atoms with Crippen LogP contribution in [0.1, 0.15) is 50.8 Å². The summed E-state index contributed by atoms with van der Waals surface area (Å²) in [7, 11) is -3.74. The van der Waals surface area contributed by atoms with Crippen LogP contribution in [0.3, 0.4) is 0 Å². The van der Waals surface area contributed by atoms with Crippen molar-refractivity contribution < 1.29 is 12.8 Å². The molecule has 1 aliphatic carbocycles. The molecule has 0 aliphatic heterocycles. The monoisotopic (exact) mass is 419 g/mol. The van der Waals surface area contributed by atoms with Crippen LogP contribution in [-0.4, -0.2) is 18.2 Å². The van der Waals surface area contributed by atoms with E-state index in [2.05, 4.69) is 9.82 Å². The molecule has 1 saturated carbocycles. The lowest BCUT2D eigenvalue weighted by Gasteiger charge is -2.14. The molecule has 0 atom stereocenters. The fourth-order valence-electron chi connectivity index (χ4n) is 3.00. The molecule has 0 radical (unpaired) electrons. The number of sulfonamides is 1. The van der Waals surface area contributed by atoms with Crippen LogP contribution >= 0.6 is 11.3 Å². The van der Waals surface area contributed by atoms with Gasteiger partial charge in [0.2, 0.25) is 0 Å². The van der Waals surface area contributed by atoms with E-state index in [-0.39, 0.29) is 11.2 Å². The van der Waals surface area contributed by atoms with Crippen LogP contribution in [-0.2, 0) is 15.4 Å². The standard InChI is InChI=1S/C20H22FN3O2S2/c1-20(2,3)17-12-18(24(22-17)15-8-6-14(21)7-9-15)23-28(25,26)19-16(10-11-27-19)13-4-5-13/h6-13,23H,4-5H2,1-3H3. The molecule has 28 heavy (non-hydrogen) atoms. The van der Waals surface area contributed by atoms with Gasteiger partial charge < -0.3 is 0 Å². The molecule has 1 aromatic carbocycles. The molecule has 148 valence electrons. The quantitative estimate of drug-likeness (QED) is 0.629. The number of benzene rings is 1. The Labute approximate surface area is 168 Å². The van der Waals surface area contributed by atoms with Crippen molar-refractivity contribution in [1.29, 1.82) is 0 Å². The van der Waals surface area contributed by atoms with Gasteiger partial charge in [0.15, 0.2) is 0 Å². The molecule has 1 fully saturated rings. The molecule has 0 amide bonds. The topological polar surface area (TPSA) is 64.0 Å². The lowest BCUT2D eigenvalue weighted by molar-refractivity contribution is 0.560. The second kappa shape index (κ2) is 6.70. The van der Waals surface area contributed by atoms with Crippen LogP contribution in [0.5, 0.6) is 0 Å². The zero-order valence-electron chi connectivity index (χ0n) is 15.9. The first-order valence-electron chi connectivity index (χ1n) is 9.12. The van der Waals surface area contributed by atoms with Gasteiger partial charge in [-0.05, 0) is 60.0 Å². The summed E-state index contributed by atoms with van der Waals surface area (Å²) in [4.78, 5) is 0. The first kappa shape index (κ1) is 19.1. The summed E-state index contributed by atoms with van der Waals surface area (Å²) in [6, 6.07) is 9.45. The van der Waals surface area contributed by atoms with Gasteiger partial charge in [0.1, 0.15) is 15.8 Å². The van der Waals surface area contributed by atoms with Crippen molar-refractivity contribution in [3.63, 3.8) is 0 Å². The van der Waals surface area contributed by atoms with Crippen LogP contribution in [0.4, 0.5) is 10.2 Å². The van der Waals surface area contributed by atoms with Gasteiger partial charge in [-0.25, -0.2) is 17.5 Å². The summed E-state index contributed by atoms with van der Waals surface area (Å²) in [5, 5.41) is 6.41. The highest BCUT2D eigenvalue weighted by Gasteiger charge is 2.32. The third-order valence-electron chi connectivity index (χ3n) is 4.71. The van der Waals surface area contributed by atoms with E-state index in [1.165, 1.54) is 28.2 Å². The number of hydrogen-bond acceptors (Lipinski definition) is 4. The Morgan fingerprint density at radius 2 is 1.86 bits per heavy atom. The Morgan fingerprint density at radius 3 is 2.46 bits per heavy atom. The molecule has 0 unspecified atom stereocenters. The Balaban J connectivity index is 1.76. The molecule has 2 aromatic heterocycles. The normalized spacial score (nSPS) is 15.0. The SMILES string of the molecule is CC(C)(C)c1cc(NS(=O)(=O)c2sccc2C2CC2)n(-c2ccc(F)cc2)n1. The highest BCUT2D eigenvalue weighted by atomic mass is 32.2. The zero-order valence-corrected chi connectivity index (χ0v) is 17.6. The number of hydrogen-bond donors (Lipinski definition) is 1. The minimum Gasteiger partial charge on any atom is -0.263 e. The number of anilines is 1. The van der Waals surface area contributed by atoms with Crippen molar-refractivity contribution in [3.8, 4) is 5.69 Å². The maximum absolute atomic E-state index is 13.3. The van der Waals surface area contributed by atoms with E-state index in [1.807, 2.05) is 32.2 Å². The summed E-state index contributed by atoms with van der Waals surface area (Å²) in [6.07, 6.45) is 2.06. The molecule has 3 aromatic rings. The smallest absolute Gasteiger partial charge is 0.263 e. The van der Waals surface area contributed by atoms with Crippen molar-refractivity contribution in [2.45, 2.75) is 49.2 Å². The lowest BCUT2D eigenvalue weighted by atomic mass is 9.92. The molecule has 0 saturated heterocycles. The van der Waals surface area contributed by atoms with Gasteiger partial charge in [0, 0.05) is 11.5 Å². The Kier molecular flexibility index (Phi) is 4.58. The van der Waals surface area contributed by atoms with Crippen molar-refractivity contribution in [3.05, 3.63) is 58.9 Å². The summed E-state index contributed by atoms with van der Waals surface area (Å²) in [6.45, 7) is 6.02. The molecule has 4 rings (SSSR count). The van der Waals surface area contributed by atoms with Crippen LogP contribution < -0.4 is 4.72 Å². The largest absolute Gasteiger partial charge is 0.272 e. The number of aromatic nitrogens is 2. The van der Waals surface area contributed by atoms with Crippen LogP contribution in [0, 0.1) is 5.82 Å². The number of nitrogens with zero attached hydrogens (tertiary/aromatic N) is 2. The average molecular weight is 420 g/mol. The Hall–Kier alpha value is -2.19. The van der Waals surface area contributed by atoms with Crippen LogP contribution in [0.2, 0.25) is 0 Å². The van der Waals surface area contributed by atoms with Crippen molar-refractivity contribution >= 4 is 27.2 Å². The maximum Gasteiger partial charge on any atom is 0.272 e. The summed E-state index contributed by atoms with van der Waals surface area (Å²) in [5.74, 6) is 0.318.